The van der Waals surface area contributed by atoms with Crippen LogP contribution in [0.15, 0.2) is 60.7 Å². The van der Waals surface area contributed by atoms with Crippen LogP contribution in [0.5, 0.6) is 5.75 Å². The summed E-state index contributed by atoms with van der Waals surface area (Å²) in [5, 5.41) is 26.1. The van der Waals surface area contributed by atoms with E-state index >= 15 is 0 Å². The SMILES string of the molecule is CC(C)(Cc1ccc(CC(=O)NCc2ccc(Cl)c(C(F)(F)F)c2)cc1)NC[C@@H](O)c1ccc(O)c(NS(C)(=O)=O)c1. The van der Waals surface area contributed by atoms with Gasteiger partial charge in [0.25, 0.3) is 0 Å². The zero-order valence-corrected chi connectivity index (χ0v) is 24.8. The number of alkyl halides is 3. The van der Waals surface area contributed by atoms with Gasteiger partial charge in [-0.25, -0.2) is 8.42 Å². The van der Waals surface area contributed by atoms with Crippen molar-refractivity contribution in [2.75, 3.05) is 17.5 Å². The molecule has 13 heteroatoms. The van der Waals surface area contributed by atoms with Gasteiger partial charge in [-0.1, -0.05) is 48.0 Å². The Kier molecular flexibility index (Phi) is 10.5. The second-order valence-corrected chi connectivity index (χ2v) is 12.8. The Bertz CT molecular complexity index is 1510. The summed E-state index contributed by atoms with van der Waals surface area (Å²) in [6.45, 7) is 4.00. The van der Waals surface area contributed by atoms with Crippen molar-refractivity contribution in [2.45, 2.75) is 51.1 Å². The molecule has 42 heavy (non-hydrogen) atoms. The molecule has 0 spiro atoms. The first kappa shape index (κ1) is 33.2. The van der Waals surface area contributed by atoms with E-state index in [1.54, 1.807) is 12.1 Å². The Morgan fingerprint density at radius 1 is 0.976 bits per heavy atom. The monoisotopic (exact) mass is 627 g/mol. The number of phenols is 1. The molecule has 3 aromatic rings. The van der Waals surface area contributed by atoms with Crippen LogP contribution in [0.4, 0.5) is 18.9 Å². The van der Waals surface area contributed by atoms with E-state index in [0.717, 1.165) is 29.5 Å². The molecule has 0 aliphatic carbocycles. The van der Waals surface area contributed by atoms with Crippen molar-refractivity contribution < 1.29 is 36.6 Å². The molecule has 8 nitrogen and oxygen atoms in total. The highest BCUT2D eigenvalue weighted by Crippen LogP contribution is 2.35. The van der Waals surface area contributed by atoms with Crippen molar-refractivity contribution in [2.24, 2.45) is 0 Å². The summed E-state index contributed by atoms with van der Waals surface area (Å²) in [5.74, 6) is -0.599. The zero-order valence-electron chi connectivity index (χ0n) is 23.2. The fourth-order valence-corrected chi connectivity index (χ4v) is 5.02. The number of benzene rings is 3. The number of aliphatic hydroxyl groups excluding tert-OH is 1. The molecule has 1 atom stereocenters. The lowest BCUT2D eigenvalue weighted by molar-refractivity contribution is -0.137. The van der Waals surface area contributed by atoms with Gasteiger partial charge < -0.3 is 20.8 Å². The van der Waals surface area contributed by atoms with E-state index in [-0.39, 0.29) is 42.4 Å². The van der Waals surface area contributed by atoms with Gasteiger partial charge in [-0.2, -0.15) is 13.2 Å². The summed E-state index contributed by atoms with van der Waals surface area (Å²) in [6.07, 6.45) is -3.96. The second kappa shape index (κ2) is 13.3. The molecule has 0 aliphatic rings. The van der Waals surface area contributed by atoms with E-state index in [1.165, 1.54) is 24.3 Å². The highest BCUT2D eigenvalue weighted by Gasteiger charge is 2.33. The molecule has 0 radical (unpaired) electrons. The summed E-state index contributed by atoms with van der Waals surface area (Å²) in [4.78, 5) is 12.4. The van der Waals surface area contributed by atoms with Crippen LogP contribution < -0.4 is 15.4 Å². The number of nitrogens with one attached hydrogen (secondary N) is 3. The number of aliphatic hydroxyl groups is 1. The number of hydrogen-bond acceptors (Lipinski definition) is 6. The van der Waals surface area contributed by atoms with Gasteiger partial charge in [0, 0.05) is 18.6 Å². The van der Waals surface area contributed by atoms with Gasteiger partial charge in [0.2, 0.25) is 15.9 Å². The molecule has 3 aromatic carbocycles. The summed E-state index contributed by atoms with van der Waals surface area (Å²) in [6, 6.07) is 15.1. The molecule has 0 aliphatic heterocycles. The summed E-state index contributed by atoms with van der Waals surface area (Å²) in [5.41, 5.74) is 0.982. The van der Waals surface area contributed by atoms with Crippen LogP contribution in [0.1, 0.15) is 47.8 Å². The number of aromatic hydroxyl groups is 1. The molecule has 0 fully saturated rings. The molecule has 1 amide bonds. The summed E-state index contributed by atoms with van der Waals surface area (Å²) < 4.78 is 64.4. The average molecular weight is 628 g/mol. The maximum Gasteiger partial charge on any atom is 0.417 e. The normalized spacial score (nSPS) is 13.0. The number of rotatable bonds is 12. The van der Waals surface area contributed by atoms with Crippen molar-refractivity contribution in [1.29, 1.82) is 0 Å². The van der Waals surface area contributed by atoms with Crippen LogP contribution in [-0.4, -0.2) is 42.9 Å². The maximum absolute atomic E-state index is 13.1. The van der Waals surface area contributed by atoms with Crippen molar-refractivity contribution in [3.63, 3.8) is 0 Å². The minimum atomic E-state index is -4.58. The number of halogens is 4. The Hall–Kier alpha value is -3.32. The number of carbonyl (C=O) groups is 1. The van der Waals surface area contributed by atoms with E-state index in [1.807, 2.05) is 26.0 Å². The third-order valence-electron chi connectivity index (χ3n) is 6.33. The number of anilines is 1. The van der Waals surface area contributed by atoms with Crippen LogP contribution in [0.2, 0.25) is 5.02 Å². The number of hydrogen-bond donors (Lipinski definition) is 5. The van der Waals surface area contributed by atoms with Crippen LogP contribution in [0.25, 0.3) is 0 Å². The molecule has 0 saturated carbocycles. The number of carbonyl (C=O) groups excluding carboxylic acids is 1. The van der Waals surface area contributed by atoms with Crippen molar-refractivity contribution in [3.05, 3.63) is 93.5 Å². The smallest absolute Gasteiger partial charge is 0.417 e. The van der Waals surface area contributed by atoms with E-state index < -0.39 is 38.4 Å². The third kappa shape index (κ3) is 10.2. The standard InChI is InChI=1S/C29H33ClF3N3O5S/c1-28(2,35-17-26(38)21-9-11-25(37)24(14-21)36-42(3,40)41)15-19-6-4-18(5-7-19)13-27(39)34-16-20-8-10-23(30)22(12-20)29(31,32)33/h4-12,14,26,35-38H,13,15-17H2,1-3H3,(H,34,39)/t26-/m1/s1. The maximum atomic E-state index is 13.1. The molecular weight excluding hydrogens is 595 g/mol. The van der Waals surface area contributed by atoms with E-state index in [9.17, 15) is 36.6 Å². The first-order valence-electron chi connectivity index (χ1n) is 12.9. The molecule has 3 rings (SSSR count). The van der Waals surface area contributed by atoms with Gasteiger partial charge >= 0.3 is 6.18 Å². The van der Waals surface area contributed by atoms with Gasteiger partial charge in [0.1, 0.15) is 5.75 Å². The van der Waals surface area contributed by atoms with Gasteiger partial charge in [0.05, 0.1) is 35.1 Å². The van der Waals surface area contributed by atoms with Gasteiger partial charge in [0.15, 0.2) is 0 Å². The van der Waals surface area contributed by atoms with Crippen LogP contribution >= 0.6 is 11.6 Å². The van der Waals surface area contributed by atoms with Gasteiger partial charge in [-0.15, -0.1) is 0 Å². The first-order chi connectivity index (χ1) is 19.4. The Balaban J connectivity index is 1.51. The van der Waals surface area contributed by atoms with Crippen molar-refractivity contribution in [3.8, 4) is 5.75 Å². The first-order valence-corrected chi connectivity index (χ1v) is 15.1. The highest BCUT2D eigenvalue weighted by atomic mass is 35.5. The summed E-state index contributed by atoms with van der Waals surface area (Å²) >= 11 is 5.64. The molecular formula is C29H33ClF3N3O5S. The van der Waals surface area contributed by atoms with Crippen LogP contribution in [0, 0.1) is 0 Å². The topological polar surface area (TPSA) is 128 Å². The minimum absolute atomic E-state index is 0.0253. The van der Waals surface area contributed by atoms with E-state index in [4.69, 9.17) is 11.6 Å². The van der Waals surface area contributed by atoms with Gasteiger partial charge in [-0.05, 0) is 66.8 Å². The Labute approximate surface area is 248 Å². The molecule has 0 aromatic heterocycles. The molecule has 5 N–H and O–H groups in total. The third-order valence-corrected chi connectivity index (χ3v) is 7.25. The molecule has 0 bridgehead atoms. The average Bonchev–Trinajstić information content (AvgIpc) is 2.87. The fourth-order valence-electron chi connectivity index (χ4n) is 4.23. The molecule has 0 saturated heterocycles. The summed E-state index contributed by atoms with van der Waals surface area (Å²) in [7, 11) is -3.61. The fraction of sp³-hybridized carbons (Fsp3) is 0.345. The molecule has 0 heterocycles. The zero-order chi connectivity index (χ0) is 31.3. The predicted octanol–water partition coefficient (Wildman–Crippen LogP) is 4.94. The van der Waals surface area contributed by atoms with E-state index in [0.29, 0.717) is 12.0 Å². The van der Waals surface area contributed by atoms with E-state index in [2.05, 4.69) is 15.4 Å². The predicted molar refractivity (Wildman–Crippen MR) is 156 cm³/mol. The Morgan fingerprint density at radius 2 is 1.60 bits per heavy atom. The Morgan fingerprint density at radius 3 is 2.21 bits per heavy atom. The molecule has 228 valence electrons. The van der Waals surface area contributed by atoms with Gasteiger partial charge in [-0.3, -0.25) is 9.52 Å². The van der Waals surface area contributed by atoms with Crippen molar-refractivity contribution in [1.82, 2.24) is 10.6 Å². The second-order valence-electron chi connectivity index (χ2n) is 10.7. The lowest BCUT2D eigenvalue weighted by Gasteiger charge is -2.28. The lowest BCUT2D eigenvalue weighted by Crippen LogP contribution is -2.43. The number of β-amino-alcohol motifs (C(OH)–C–C–N with tert-alkyl or cyclic N) is 1. The lowest BCUT2D eigenvalue weighted by atomic mass is 9.93. The minimum Gasteiger partial charge on any atom is -0.506 e. The number of amides is 1. The number of phenolic OH excluding ortho intramolecular Hbond substituents is 1. The largest absolute Gasteiger partial charge is 0.506 e. The van der Waals surface area contributed by atoms with Crippen LogP contribution in [0.3, 0.4) is 0 Å². The number of sulfonamides is 1. The quantitative estimate of drug-likeness (QED) is 0.181. The highest BCUT2D eigenvalue weighted by molar-refractivity contribution is 7.92. The van der Waals surface area contributed by atoms with Crippen LogP contribution in [-0.2, 0) is 40.4 Å². The molecule has 0 unspecified atom stereocenters. The van der Waals surface area contributed by atoms with Crippen molar-refractivity contribution >= 4 is 33.2 Å².